The Morgan fingerprint density at radius 2 is 1.70 bits per heavy atom. The van der Waals surface area contributed by atoms with Gasteiger partial charge in [0.1, 0.15) is 18.1 Å². The van der Waals surface area contributed by atoms with E-state index >= 15 is 0 Å². The molecule has 4 rings (SSSR count). The predicted molar refractivity (Wildman–Crippen MR) is 122 cm³/mol. The molecule has 1 N–H and O–H groups in total. The van der Waals surface area contributed by atoms with Crippen LogP contribution in [0.3, 0.4) is 0 Å². The molecule has 1 aromatic heterocycles. The Labute approximate surface area is 191 Å². The second kappa shape index (κ2) is 9.87. The minimum atomic E-state index is -0.482. The number of carbonyl (C=O) groups is 3. The first-order valence-corrected chi connectivity index (χ1v) is 11.0. The number of esters is 1. The summed E-state index contributed by atoms with van der Waals surface area (Å²) in [5, 5.41) is 0.781. The number of nitrogens with one attached hydrogen (secondary N) is 1. The quantitative estimate of drug-likeness (QED) is 0.288. The molecule has 2 aromatic carbocycles. The van der Waals surface area contributed by atoms with Crippen molar-refractivity contribution in [3.63, 3.8) is 0 Å². The Morgan fingerprint density at radius 1 is 0.970 bits per heavy atom. The Hall–Kier alpha value is -3.65. The lowest BCUT2D eigenvalue weighted by Gasteiger charge is -2.14. The van der Waals surface area contributed by atoms with Crippen LogP contribution in [0.4, 0.5) is 0 Å². The fourth-order valence-corrected chi connectivity index (χ4v) is 3.98. The molecule has 0 aliphatic carbocycles. The summed E-state index contributed by atoms with van der Waals surface area (Å²) in [4.78, 5) is 42.5. The lowest BCUT2D eigenvalue weighted by atomic mass is 10.1. The van der Waals surface area contributed by atoms with Gasteiger partial charge >= 0.3 is 5.97 Å². The zero-order valence-electron chi connectivity index (χ0n) is 18.7. The topological polar surface area (TPSA) is 97.9 Å². The molecule has 0 bridgehead atoms. The van der Waals surface area contributed by atoms with Crippen LogP contribution in [0.5, 0.6) is 5.75 Å². The van der Waals surface area contributed by atoms with Gasteiger partial charge in [0.2, 0.25) is 0 Å². The van der Waals surface area contributed by atoms with E-state index in [0.717, 1.165) is 10.9 Å². The molecule has 2 heterocycles. The maximum absolute atomic E-state index is 12.8. The van der Waals surface area contributed by atoms with Crippen LogP contribution >= 0.6 is 0 Å². The van der Waals surface area contributed by atoms with Crippen LogP contribution < -0.4 is 4.74 Å². The van der Waals surface area contributed by atoms with E-state index in [0.29, 0.717) is 54.4 Å². The van der Waals surface area contributed by atoms with Crippen molar-refractivity contribution in [2.45, 2.75) is 20.3 Å². The molecular weight excluding hydrogens is 424 g/mol. The summed E-state index contributed by atoms with van der Waals surface area (Å²) in [6.45, 7) is 5.53. The van der Waals surface area contributed by atoms with Gasteiger partial charge in [-0.05, 0) is 56.2 Å². The maximum Gasteiger partial charge on any atom is 0.355 e. The highest BCUT2D eigenvalue weighted by molar-refractivity contribution is 6.21. The molecule has 0 saturated carbocycles. The minimum Gasteiger partial charge on any atom is -0.491 e. The zero-order chi connectivity index (χ0) is 23.4. The first-order chi connectivity index (χ1) is 16.0. The van der Waals surface area contributed by atoms with Gasteiger partial charge in [-0.2, -0.15) is 0 Å². The number of nitrogens with zero attached hydrogens (tertiary/aromatic N) is 1. The number of H-pyrrole nitrogens is 1. The fourth-order valence-electron chi connectivity index (χ4n) is 3.98. The van der Waals surface area contributed by atoms with Crippen LogP contribution in [-0.2, 0) is 15.9 Å². The van der Waals surface area contributed by atoms with Crippen LogP contribution in [0, 0.1) is 0 Å². The molecule has 3 aromatic rings. The van der Waals surface area contributed by atoms with E-state index in [1.165, 1.54) is 4.90 Å². The fraction of sp³-hybridized carbons (Fsp3) is 0.320. The number of fused-ring (bicyclic) bond motifs is 2. The van der Waals surface area contributed by atoms with E-state index in [1.54, 1.807) is 31.2 Å². The zero-order valence-corrected chi connectivity index (χ0v) is 18.7. The summed E-state index contributed by atoms with van der Waals surface area (Å²) in [5.74, 6) is -0.496. The summed E-state index contributed by atoms with van der Waals surface area (Å²) >= 11 is 0. The van der Waals surface area contributed by atoms with E-state index in [2.05, 4.69) is 4.98 Å². The highest BCUT2D eigenvalue weighted by Gasteiger charge is 2.35. The van der Waals surface area contributed by atoms with Gasteiger partial charge in [0.15, 0.2) is 0 Å². The average molecular weight is 450 g/mol. The Balaban J connectivity index is 1.61. The number of hydrogen-bond donors (Lipinski definition) is 1. The number of ether oxygens (including phenoxy) is 3. The second-order valence-electron chi connectivity index (χ2n) is 7.51. The molecule has 1 aliphatic rings. The minimum absolute atomic E-state index is 0.140. The maximum atomic E-state index is 12.8. The molecule has 0 unspecified atom stereocenters. The van der Waals surface area contributed by atoms with Crippen molar-refractivity contribution in [1.29, 1.82) is 0 Å². The molecule has 0 radical (unpaired) electrons. The summed E-state index contributed by atoms with van der Waals surface area (Å²) in [5.41, 5.74) is 2.53. The normalized spacial score (nSPS) is 13.0. The monoisotopic (exact) mass is 450 g/mol. The standard InChI is InChI=1S/C25H26N2O6/c1-3-31-13-14-33-16-9-10-21-20(15-16)17(22(26-21)25(30)32-4-2)11-12-27-23(28)18-7-5-6-8-19(18)24(27)29/h5-10,15,26H,3-4,11-14H2,1-2H3. The second-order valence-corrected chi connectivity index (χ2v) is 7.51. The molecule has 1 aliphatic heterocycles. The lowest BCUT2D eigenvalue weighted by Crippen LogP contribution is -2.32. The highest BCUT2D eigenvalue weighted by Crippen LogP contribution is 2.29. The van der Waals surface area contributed by atoms with Gasteiger partial charge in [0, 0.05) is 24.1 Å². The van der Waals surface area contributed by atoms with Crippen molar-refractivity contribution in [1.82, 2.24) is 9.88 Å². The molecule has 0 fully saturated rings. The first-order valence-electron chi connectivity index (χ1n) is 11.0. The number of aromatic nitrogens is 1. The Bertz CT molecular complexity index is 1160. The molecule has 8 nitrogen and oxygen atoms in total. The van der Waals surface area contributed by atoms with Crippen molar-refractivity contribution < 1.29 is 28.6 Å². The van der Waals surface area contributed by atoms with Crippen molar-refractivity contribution in [3.05, 3.63) is 64.8 Å². The van der Waals surface area contributed by atoms with Crippen LogP contribution in [0.15, 0.2) is 42.5 Å². The van der Waals surface area contributed by atoms with E-state index in [-0.39, 0.29) is 25.0 Å². The molecule has 0 saturated heterocycles. The van der Waals surface area contributed by atoms with Gasteiger partial charge < -0.3 is 19.2 Å². The summed E-state index contributed by atoms with van der Waals surface area (Å²) < 4.78 is 16.3. The number of hydrogen-bond acceptors (Lipinski definition) is 6. The lowest BCUT2D eigenvalue weighted by molar-refractivity contribution is 0.0519. The SMILES string of the molecule is CCOCCOc1ccc2[nH]c(C(=O)OCC)c(CCN3C(=O)c4ccccc4C3=O)c2c1. The predicted octanol–water partition coefficient (Wildman–Crippen LogP) is 3.60. The van der Waals surface area contributed by atoms with Crippen LogP contribution in [-0.4, -0.2) is 60.6 Å². The third kappa shape index (κ3) is 4.47. The summed E-state index contributed by atoms with van der Waals surface area (Å²) in [6.07, 6.45) is 0.294. The van der Waals surface area contributed by atoms with Crippen molar-refractivity contribution in [3.8, 4) is 5.75 Å². The van der Waals surface area contributed by atoms with E-state index < -0.39 is 5.97 Å². The Morgan fingerprint density at radius 3 is 2.36 bits per heavy atom. The van der Waals surface area contributed by atoms with Gasteiger partial charge in [0.05, 0.1) is 24.3 Å². The molecule has 0 atom stereocenters. The first kappa shape index (κ1) is 22.5. The molecular formula is C25H26N2O6. The van der Waals surface area contributed by atoms with Gasteiger partial charge in [-0.15, -0.1) is 0 Å². The summed E-state index contributed by atoms with van der Waals surface area (Å²) in [6, 6.07) is 12.3. The number of carbonyl (C=O) groups excluding carboxylic acids is 3. The van der Waals surface area contributed by atoms with Crippen molar-refractivity contribution >= 4 is 28.7 Å². The van der Waals surface area contributed by atoms with E-state index in [9.17, 15) is 14.4 Å². The number of amides is 2. The van der Waals surface area contributed by atoms with Crippen LogP contribution in [0.2, 0.25) is 0 Å². The van der Waals surface area contributed by atoms with Gasteiger partial charge in [-0.25, -0.2) is 4.79 Å². The van der Waals surface area contributed by atoms with Crippen LogP contribution in [0.1, 0.15) is 50.6 Å². The smallest absolute Gasteiger partial charge is 0.355 e. The number of benzene rings is 2. The van der Waals surface area contributed by atoms with E-state index in [1.807, 2.05) is 25.1 Å². The van der Waals surface area contributed by atoms with Crippen molar-refractivity contribution in [2.24, 2.45) is 0 Å². The number of aromatic amines is 1. The molecule has 2 amide bonds. The number of rotatable bonds is 10. The van der Waals surface area contributed by atoms with Gasteiger partial charge in [-0.3, -0.25) is 14.5 Å². The van der Waals surface area contributed by atoms with Gasteiger partial charge in [-0.1, -0.05) is 12.1 Å². The van der Waals surface area contributed by atoms with Gasteiger partial charge in [0.25, 0.3) is 11.8 Å². The molecule has 33 heavy (non-hydrogen) atoms. The average Bonchev–Trinajstić information content (AvgIpc) is 3.30. The third-order valence-electron chi connectivity index (χ3n) is 5.52. The number of imide groups is 1. The molecule has 0 spiro atoms. The van der Waals surface area contributed by atoms with E-state index in [4.69, 9.17) is 14.2 Å². The summed E-state index contributed by atoms with van der Waals surface area (Å²) in [7, 11) is 0. The molecule has 172 valence electrons. The Kier molecular flexibility index (Phi) is 6.74. The third-order valence-corrected chi connectivity index (χ3v) is 5.52. The van der Waals surface area contributed by atoms with Crippen molar-refractivity contribution in [2.75, 3.05) is 33.0 Å². The largest absolute Gasteiger partial charge is 0.491 e. The molecule has 8 heteroatoms. The highest BCUT2D eigenvalue weighted by atomic mass is 16.5. The van der Waals surface area contributed by atoms with Crippen LogP contribution in [0.25, 0.3) is 10.9 Å².